The molecule has 0 saturated carbocycles. The van der Waals surface area contributed by atoms with Crippen molar-refractivity contribution in [3.05, 3.63) is 11.5 Å². The molecule has 0 atom stereocenters. The van der Waals surface area contributed by atoms with E-state index in [0.717, 1.165) is 0 Å². The zero-order chi connectivity index (χ0) is 5.70. The van der Waals surface area contributed by atoms with Gasteiger partial charge in [0.05, 0.1) is 0 Å². The van der Waals surface area contributed by atoms with Gasteiger partial charge in [0, 0.05) is 0 Å². The zero-order valence-electron chi connectivity index (χ0n) is 4.47. The van der Waals surface area contributed by atoms with Gasteiger partial charge in [0.25, 0.3) is 0 Å². The average Bonchev–Trinajstić information content (AvgIpc) is 1.61. The maximum absolute atomic E-state index is 10.1. The highest BCUT2D eigenvalue weighted by molar-refractivity contribution is 8.01. The number of ketones is 1. The van der Waals surface area contributed by atoms with Gasteiger partial charge in [-0.2, -0.15) is 0 Å². The summed E-state index contributed by atoms with van der Waals surface area (Å²) >= 11 is 1.53. The SMILES string of the molecule is CS/C=C\C(C)=O. The number of thioether (sulfide) groups is 1. The van der Waals surface area contributed by atoms with Crippen LogP contribution in [0.4, 0.5) is 0 Å². The van der Waals surface area contributed by atoms with Gasteiger partial charge in [-0.1, -0.05) is 0 Å². The van der Waals surface area contributed by atoms with Crippen molar-refractivity contribution in [2.24, 2.45) is 0 Å². The van der Waals surface area contributed by atoms with E-state index in [1.807, 2.05) is 6.26 Å². The van der Waals surface area contributed by atoms with Crippen molar-refractivity contribution in [1.29, 1.82) is 0 Å². The minimum atomic E-state index is 0.106. The van der Waals surface area contributed by atoms with Crippen LogP contribution < -0.4 is 0 Å². The number of hydrogen-bond acceptors (Lipinski definition) is 2. The maximum atomic E-state index is 10.1. The highest BCUT2D eigenvalue weighted by Crippen LogP contribution is 1.91. The zero-order valence-corrected chi connectivity index (χ0v) is 5.29. The Morgan fingerprint density at radius 1 is 1.71 bits per heavy atom. The molecule has 2 heteroatoms. The van der Waals surface area contributed by atoms with Gasteiger partial charge >= 0.3 is 0 Å². The van der Waals surface area contributed by atoms with Crippen LogP contribution in [0.25, 0.3) is 0 Å². The molecular formula is C5H8OS. The molecule has 0 aliphatic carbocycles. The number of hydrogen-bond donors (Lipinski definition) is 0. The molecule has 0 fully saturated rings. The smallest absolute Gasteiger partial charge is 0.153 e. The number of carbonyl (C=O) groups is 1. The molecule has 40 valence electrons. The Hall–Kier alpha value is -0.240. The van der Waals surface area contributed by atoms with E-state index < -0.39 is 0 Å². The van der Waals surface area contributed by atoms with Gasteiger partial charge in [0.1, 0.15) is 0 Å². The molecule has 1 nitrogen and oxygen atoms in total. The minimum absolute atomic E-state index is 0.106. The van der Waals surface area contributed by atoms with Crippen molar-refractivity contribution in [2.75, 3.05) is 6.26 Å². The fourth-order valence-corrected chi connectivity index (χ4v) is 0.492. The average molecular weight is 116 g/mol. The molecule has 0 N–H and O–H groups in total. The predicted octanol–water partition coefficient (Wildman–Crippen LogP) is 1.45. The number of allylic oxidation sites excluding steroid dienone is 1. The summed E-state index contributed by atoms with van der Waals surface area (Å²) in [6.45, 7) is 1.53. The second-order valence-electron chi connectivity index (χ2n) is 1.15. The molecule has 0 rings (SSSR count). The summed E-state index contributed by atoms with van der Waals surface area (Å²) in [7, 11) is 0. The molecule has 0 heterocycles. The second-order valence-corrected chi connectivity index (χ2v) is 1.89. The quantitative estimate of drug-likeness (QED) is 0.508. The third kappa shape index (κ3) is 5.76. The van der Waals surface area contributed by atoms with Gasteiger partial charge in [0.15, 0.2) is 5.78 Å². The molecule has 0 saturated heterocycles. The van der Waals surface area contributed by atoms with E-state index in [1.165, 1.54) is 18.7 Å². The topological polar surface area (TPSA) is 17.1 Å². The summed E-state index contributed by atoms with van der Waals surface area (Å²) in [6, 6.07) is 0. The van der Waals surface area contributed by atoms with Gasteiger partial charge in [-0.05, 0) is 24.7 Å². The summed E-state index contributed by atoms with van der Waals surface area (Å²) in [5.74, 6) is 0.106. The lowest BCUT2D eigenvalue weighted by molar-refractivity contribution is -0.112. The summed E-state index contributed by atoms with van der Waals surface area (Å²) in [4.78, 5) is 10.1. The van der Waals surface area contributed by atoms with Crippen LogP contribution in [-0.2, 0) is 4.79 Å². The molecule has 0 radical (unpaired) electrons. The highest BCUT2D eigenvalue weighted by atomic mass is 32.2. The van der Waals surface area contributed by atoms with E-state index in [0.29, 0.717) is 0 Å². The molecule has 0 aromatic heterocycles. The predicted molar refractivity (Wildman–Crippen MR) is 33.3 cm³/mol. The van der Waals surface area contributed by atoms with Gasteiger partial charge < -0.3 is 0 Å². The van der Waals surface area contributed by atoms with E-state index in [-0.39, 0.29) is 5.78 Å². The van der Waals surface area contributed by atoms with E-state index in [1.54, 1.807) is 11.5 Å². The monoisotopic (exact) mass is 116 g/mol. The summed E-state index contributed by atoms with van der Waals surface area (Å²) in [5, 5.41) is 1.77. The van der Waals surface area contributed by atoms with Gasteiger partial charge in [-0.25, -0.2) is 0 Å². The lowest BCUT2D eigenvalue weighted by atomic mass is 10.5. The number of carbonyl (C=O) groups excluding carboxylic acids is 1. The first-order valence-electron chi connectivity index (χ1n) is 1.97. The van der Waals surface area contributed by atoms with Crippen LogP contribution in [0.3, 0.4) is 0 Å². The first-order valence-corrected chi connectivity index (χ1v) is 3.26. The lowest BCUT2D eigenvalue weighted by Gasteiger charge is -1.74. The number of rotatable bonds is 2. The van der Waals surface area contributed by atoms with Gasteiger partial charge in [0.2, 0.25) is 0 Å². The van der Waals surface area contributed by atoms with Crippen LogP contribution in [0.15, 0.2) is 11.5 Å². The van der Waals surface area contributed by atoms with Crippen LogP contribution in [0.2, 0.25) is 0 Å². The largest absolute Gasteiger partial charge is 0.295 e. The third-order valence-electron chi connectivity index (χ3n) is 0.439. The normalized spacial score (nSPS) is 10.0. The van der Waals surface area contributed by atoms with Crippen molar-refractivity contribution in [2.45, 2.75) is 6.92 Å². The van der Waals surface area contributed by atoms with E-state index in [4.69, 9.17) is 0 Å². The molecule has 0 aromatic carbocycles. The molecule has 7 heavy (non-hydrogen) atoms. The summed E-state index contributed by atoms with van der Waals surface area (Å²) in [6.07, 6.45) is 3.46. The molecule has 0 aliphatic rings. The summed E-state index contributed by atoms with van der Waals surface area (Å²) < 4.78 is 0. The van der Waals surface area contributed by atoms with Crippen LogP contribution >= 0.6 is 11.8 Å². The molecule has 0 aromatic rings. The fraction of sp³-hybridized carbons (Fsp3) is 0.400. The molecule has 0 amide bonds. The van der Waals surface area contributed by atoms with Crippen molar-refractivity contribution in [3.63, 3.8) is 0 Å². The Bertz CT molecular complexity index is 86.1. The molecule has 0 spiro atoms. The Balaban J connectivity index is 3.26. The van der Waals surface area contributed by atoms with Crippen LogP contribution in [0.1, 0.15) is 6.92 Å². The molecular weight excluding hydrogens is 108 g/mol. The van der Waals surface area contributed by atoms with Crippen molar-refractivity contribution in [1.82, 2.24) is 0 Å². The van der Waals surface area contributed by atoms with Gasteiger partial charge in [-0.15, -0.1) is 11.8 Å². The first kappa shape index (κ1) is 6.76. The molecule has 0 aliphatic heterocycles. The van der Waals surface area contributed by atoms with E-state index in [2.05, 4.69) is 0 Å². The first-order chi connectivity index (χ1) is 3.27. The Kier molecular flexibility index (Phi) is 3.80. The minimum Gasteiger partial charge on any atom is -0.295 e. The van der Waals surface area contributed by atoms with Crippen LogP contribution in [0.5, 0.6) is 0 Å². The van der Waals surface area contributed by atoms with Crippen LogP contribution in [-0.4, -0.2) is 12.0 Å². The Morgan fingerprint density at radius 3 is 2.43 bits per heavy atom. The highest BCUT2D eigenvalue weighted by Gasteiger charge is 1.75. The van der Waals surface area contributed by atoms with E-state index in [9.17, 15) is 4.79 Å². The molecule has 0 unspecified atom stereocenters. The maximum Gasteiger partial charge on any atom is 0.153 e. The Labute approximate surface area is 47.8 Å². The van der Waals surface area contributed by atoms with Crippen molar-refractivity contribution >= 4 is 17.5 Å². The Morgan fingerprint density at radius 2 is 2.29 bits per heavy atom. The third-order valence-corrected chi connectivity index (χ3v) is 0.847. The standard InChI is InChI=1S/C5H8OS/c1-5(6)3-4-7-2/h3-4H,1-2H3/b4-3-. The van der Waals surface area contributed by atoms with Crippen LogP contribution in [0, 0.1) is 0 Å². The fourth-order valence-electron chi connectivity index (χ4n) is 0.164. The van der Waals surface area contributed by atoms with Gasteiger partial charge in [-0.3, -0.25) is 4.79 Å². The van der Waals surface area contributed by atoms with Crippen molar-refractivity contribution in [3.8, 4) is 0 Å². The van der Waals surface area contributed by atoms with E-state index >= 15 is 0 Å². The van der Waals surface area contributed by atoms with Crippen molar-refractivity contribution < 1.29 is 4.79 Å². The molecule has 0 bridgehead atoms. The summed E-state index contributed by atoms with van der Waals surface area (Å²) in [5.41, 5.74) is 0. The lowest BCUT2D eigenvalue weighted by Crippen LogP contribution is -1.76. The second kappa shape index (κ2) is 3.93.